The maximum Gasteiger partial charge on any atom is 0.328 e. The number of carboxylic acids is 1. The van der Waals surface area contributed by atoms with Crippen molar-refractivity contribution < 1.29 is 24.2 Å². The Morgan fingerprint density at radius 2 is 2.00 bits per heavy atom. The zero-order valence-electron chi connectivity index (χ0n) is 11.1. The summed E-state index contributed by atoms with van der Waals surface area (Å²) in [6.07, 6.45) is 1.42. The van der Waals surface area contributed by atoms with Crippen molar-refractivity contribution in [3.8, 4) is 5.75 Å². The van der Waals surface area contributed by atoms with Gasteiger partial charge in [0.15, 0.2) is 6.61 Å². The van der Waals surface area contributed by atoms with Crippen molar-refractivity contribution in [1.82, 2.24) is 10.9 Å². The number of ether oxygens (including phenoxy) is 1. The molecule has 0 saturated carbocycles. The lowest BCUT2D eigenvalue weighted by Crippen LogP contribution is -2.43. The number of hydrogen-bond acceptors (Lipinski definition) is 4. The topological polar surface area (TPSA) is 105 Å². The summed E-state index contributed by atoms with van der Waals surface area (Å²) in [6, 6.07) is 4.92. The number of carbonyl (C=O) groups is 3. The Kier molecular flexibility index (Phi) is 6.22. The number of benzene rings is 1. The summed E-state index contributed by atoms with van der Waals surface area (Å²) in [7, 11) is 0. The molecule has 0 unspecified atom stereocenters. The van der Waals surface area contributed by atoms with E-state index in [4.69, 9.17) is 21.4 Å². The van der Waals surface area contributed by atoms with Gasteiger partial charge in [-0.05, 0) is 30.7 Å². The molecular formula is C13H13ClN2O5. The molecule has 0 heterocycles. The van der Waals surface area contributed by atoms with Crippen LogP contribution in [0.1, 0.15) is 5.56 Å². The van der Waals surface area contributed by atoms with Gasteiger partial charge in [-0.15, -0.1) is 0 Å². The van der Waals surface area contributed by atoms with Crippen molar-refractivity contribution in [3.05, 3.63) is 40.9 Å². The van der Waals surface area contributed by atoms with Crippen LogP contribution in [-0.2, 0) is 14.4 Å². The van der Waals surface area contributed by atoms with Crippen molar-refractivity contribution in [2.45, 2.75) is 6.92 Å². The van der Waals surface area contributed by atoms with Crippen LogP contribution in [0, 0.1) is 6.92 Å². The number of halogens is 1. The van der Waals surface area contributed by atoms with Crippen LogP contribution in [0.15, 0.2) is 30.4 Å². The molecule has 2 amide bonds. The fourth-order valence-electron chi connectivity index (χ4n) is 1.21. The molecule has 0 aromatic heterocycles. The summed E-state index contributed by atoms with van der Waals surface area (Å²) in [5.74, 6) is -2.17. The molecule has 0 aliphatic heterocycles. The molecule has 7 nitrogen and oxygen atoms in total. The molecule has 0 atom stereocenters. The first-order chi connectivity index (χ1) is 9.88. The van der Waals surface area contributed by atoms with E-state index in [0.717, 1.165) is 11.6 Å². The minimum atomic E-state index is -1.27. The lowest BCUT2D eigenvalue weighted by molar-refractivity contribution is -0.131. The number of rotatable bonds is 5. The lowest BCUT2D eigenvalue weighted by atomic mass is 10.2. The van der Waals surface area contributed by atoms with E-state index in [2.05, 4.69) is 5.43 Å². The number of amides is 2. The highest BCUT2D eigenvalue weighted by Crippen LogP contribution is 2.20. The van der Waals surface area contributed by atoms with Gasteiger partial charge >= 0.3 is 5.97 Å². The van der Waals surface area contributed by atoms with Gasteiger partial charge in [-0.25, -0.2) is 4.79 Å². The molecule has 8 heteroatoms. The molecule has 0 aliphatic carbocycles. The number of aliphatic carboxylic acids is 1. The van der Waals surface area contributed by atoms with Crippen LogP contribution >= 0.6 is 11.6 Å². The lowest BCUT2D eigenvalue weighted by Gasteiger charge is -2.08. The maximum atomic E-state index is 11.4. The van der Waals surface area contributed by atoms with Gasteiger partial charge in [0.25, 0.3) is 11.8 Å². The number of aryl methyl sites for hydroxylation is 1. The second-order valence-corrected chi connectivity index (χ2v) is 4.32. The van der Waals surface area contributed by atoms with Gasteiger partial charge in [0, 0.05) is 17.2 Å². The van der Waals surface area contributed by atoms with Crippen LogP contribution in [0.5, 0.6) is 5.75 Å². The van der Waals surface area contributed by atoms with Crippen LogP contribution in [0.4, 0.5) is 0 Å². The third kappa shape index (κ3) is 6.44. The molecule has 3 N–H and O–H groups in total. The minimum Gasteiger partial charge on any atom is -0.484 e. The van der Waals surface area contributed by atoms with E-state index in [1.807, 2.05) is 5.43 Å². The van der Waals surface area contributed by atoms with Crippen LogP contribution in [0.3, 0.4) is 0 Å². The minimum absolute atomic E-state index is 0.315. The van der Waals surface area contributed by atoms with Crippen molar-refractivity contribution in [2.24, 2.45) is 0 Å². The zero-order valence-corrected chi connectivity index (χ0v) is 11.8. The van der Waals surface area contributed by atoms with Gasteiger partial charge in [-0.3, -0.25) is 20.4 Å². The third-order valence-electron chi connectivity index (χ3n) is 2.20. The molecule has 1 aromatic rings. The van der Waals surface area contributed by atoms with Crippen molar-refractivity contribution in [2.75, 3.05) is 6.61 Å². The Balaban J connectivity index is 2.35. The molecule has 0 radical (unpaired) electrons. The Labute approximate surface area is 125 Å². The monoisotopic (exact) mass is 312 g/mol. The molecule has 112 valence electrons. The Morgan fingerprint density at radius 3 is 2.62 bits per heavy atom. The summed E-state index contributed by atoms with van der Waals surface area (Å²) in [6.45, 7) is 1.48. The molecule has 0 fully saturated rings. The third-order valence-corrected chi connectivity index (χ3v) is 2.63. The highest BCUT2D eigenvalue weighted by Gasteiger charge is 2.05. The van der Waals surface area contributed by atoms with E-state index in [0.29, 0.717) is 16.8 Å². The van der Waals surface area contributed by atoms with Crippen LogP contribution < -0.4 is 15.6 Å². The molecule has 0 aliphatic rings. The molecule has 0 spiro atoms. The predicted molar refractivity (Wildman–Crippen MR) is 74.7 cm³/mol. The number of carboxylic acid groups (broad SMARTS) is 1. The smallest absolute Gasteiger partial charge is 0.328 e. The Bertz CT molecular complexity index is 586. The van der Waals surface area contributed by atoms with Crippen LogP contribution in [0.2, 0.25) is 5.02 Å². The fourth-order valence-corrected chi connectivity index (χ4v) is 1.33. The zero-order chi connectivity index (χ0) is 15.8. The predicted octanol–water partition coefficient (Wildman–Crippen LogP) is 0.815. The molecular weight excluding hydrogens is 300 g/mol. The Hall–Kier alpha value is -2.54. The summed E-state index contributed by atoms with van der Waals surface area (Å²) < 4.78 is 5.20. The number of carbonyl (C=O) groups excluding carboxylic acids is 2. The van der Waals surface area contributed by atoms with Gasteiger partial charge in [0.1, 0.15) is 5.75 Å². The summed E-state index contributed by atoms with van der Waals surface area (Å²) in [5, 5.41) is 8.90. The second-order valence-electron chi connectivity index (χ2n) is 3.91. The second kappa shape index (κ2) is 7.91. The summed E-state index contributed by atoms with van der Waals surface area (Å²) in [5.41, 5.74) is 4.88. The summed E-state index contributed by atoms with van der Waals surface area (Å²) >= 11 is 5.85. The SMILES string of the molecule is Cc1cc(OCC(=O)NNC(=O)C=CC(=O)O)ccc1Cl. The van der Waals surface area contributed by atoms with Crippen molar-refractivity contribution in [1.29, 1.82) is 0 Å². The highest BCUT2D eigenvalue weighted by atomic mass is 35.5. The van der Waals surface area contributed by atoms with E-state index in [-0.39, 0.29) is 6.61 Å². The first kappa shape index (κ1) is 16.5. The average molecular weight is 313 g/mol. The normalized spacial score (nSPS) is 10.2. The molecule has 1 aromatic carbocycles. The van der Waals surface area contributed by atoms with Gasteiger partial charge in [-0.1, -0.05) is 11.6 Å². The van der Waals surface area contributed by atoms with E-state index < -0.39 is 17.8 Å². The molecule has 0 saturated heterocycles. The van der Waals surface area contributed by atoms with E-state index in [1.165, 1.54) is 0 Å². The first-order valence-electron chi connectivity index (χ1n) is 5.77. The first-order valence-corrected chi connectivity index (χ1v) is 6.15. The molecule has 21 heavy (non-hydrogen) atoms. The quantitative estimate of drug-likeness (QED) is 0.551. The number of nitrogens with one attached hydrogen (secondary N) is 2. The van der Waals surface area contributed by atoms with E-state index >= 15 is 0 Å². The van der Waals surface area contributed by atoms with Crippen molar-refractivity contribution in [3.63, 3.8) is 0 Å². The van der Waals surface area contributed by atoms with E-state index in [1.54, 1.807) is 25.1 Å². The molecule has 0 bridgehead atoms. The van der Waals surface area contributed by atoms with E-state index in [9.17, 15) is 14.4 Å². The average Bonchev–Trinajstić information content (AvgIpc) is 2.44. The van der Waals surface area contributed by atoms with Crippen LogP contribution in [-0.4, -0.2) is 29.5 Å². The van der Waals surface area contributed by atoms with Gasteiger partial charge in [0.2, 0.25) is 0 Å². The standard InChI is InChI=1S/C13H13ClN2O5/c1-8-6-9(2-3-10(8)14)21-7-12(18)16-15-11(17)4-5-13(19)20/h2-6H,7H2,1H3,(H,15,17)(H,16,18)(H,19,20). The Morgan fingerprint density at radius 1 is 1.29 bits per heavy atom. The van der Waals surface area contributed by atoms with Crippen molar-refractivity contribution >= 4 is 29.4 Å². The van der Waals surface area contributed by atoms with Gasteiger partial charge in [-0.2, -0.15) is 0 Å². The molecule has 1 rings (SSSR count). The maximum absolute atomic E-state index is 11.4. The van der Waals surface area contributed by atoms with Gasteiger partial charge in [0.05, 0.1) is 0 Å². The number of hydrogen-bond donors (Lipinski definition) is 3. The highest BCUT2D eigenvalue weighted by molar-refractivity contribution is 6.31. The van der Waals surface area contributed by atoms with Crippen LogP contribution in [0.25, 0.3) is 0 Å². The summed E-state index contributed by atoms with van der Waals surface area (Å²) in [4.78, 5) is 32.6. The fraction of sp³-hybridized carbons (Fsp3) is 0.154. The largest absolute Gasteiger partial charge is 0.484 e. The number of hydrazine groups is 1. The van der Waals surface area contributed by atoms with Gasteiger partial charge < -0.3 is 9.84 Å².